The lowest BCUT2D eigenvalue weighted by Crippen LogP contribution is -2.56. The van der Waals surface area contributed by atoms with Gasteiger partial charge in [0.15, 0.2) is 8.32 Å². The first-order valence-electron chi connectivity index (χ1n) is 12.5. The van der Waals surface area contributed by atoms with Gasteiger partial charge < -0.3 is 8.85 Å². The van der Waals surface area contributed by atoms with Gasteiger partial charge in [-0.3, -0.25) is 0 Å². The molecule has 0 bridgehead atoms. The minimum atomic E-state index is -1.56. The zero-order valence-electron chi connectivity index (χ0n) is 21.2. The molecule has 3 fully saturated rings. The summed E-state index contributed by atoms with van der Waals surface area (Å²) >= 11 is 0. The largest absolute Gasteiger partial charge is 0.545 e. The van der Waals surface area contributed by atoms with E-state index in [0.717, 1.165) is 23.5 Å². The maximum atomic E-state index is 6.94. The molecule has 2 nitrogen and oxygen atoms in total. The molecule has 0 heterocycles. The van der Waals surface area contributed by atoms with Gasteiger partial charge in [0.1, 0.15) is 0 Å². The second-order valence-corrected chi connectivity index (χ2v) is 22.3. The third-order valence-electron chi connectivity index (χ3n) is 9.27. The molecule has 4 aliphatic carbocycles. The molecule has 0 aromatic heterocycles. The van der Waals surface area contributed by atoms with Crippen LogP contribution in [0.5, 0.6) is 0 Å². The van der Waals surface area contributed by atoms with Crippen LogP contribution in [-0.2, 0) is 8.85 Å². The van der Waals surface area contributed by atoms with Gasteiger partial charge in [-0.15, -0.1) is 0 Å². The van der Waals surface area contributed by atoms with Crippen LogP contribution in [0.4, 0.5) is 0 Å². The summed E-state index contributed by atoms with van der Waals surface area (Å²) in [6.07, 6.45) is 14.0. The Morgan fingerprint density at radius 2 is 1.53 bits per heavy atom. The van der Waals surface area contributed by atoms with Crippen molar-refractivity contribution < 1.29 is 8.85 Å². The van der Waals surface area contributed by atoms with Gasteiger partial charge in [0.25, 0.3) is 0 Å². The Morgan fingerprint density at radius 3 is 2.17 bits per heavy atom. The molecule has 170 valence electrons. The number of hydrogen-bond donors (Lipinski definition) is 0. The summed E-state index contributed by atoms with van der Waals surface area (Å²) in [5, 5.41) is 0. The van der Waals surface area contributed by atoms with E-state index in [1.54, 1.807) is 5.57 Å². The molecule has 30 heavy (non-hydrogen) atoms. The van der Waals surface area contributed by atoms with Crippen molar-refractivity contribution in [2.24, 2.45) is 28.6 Å². The lowest BCUT2D eigenvalue weighted by molar-refractivity contribution is -0.107. The van der Waals surface area contributed by atoms with Crippen molar-refractivity contribution in [2.75, 3.05) is 0 Å². The molecule has 0 amide bonds. The van der Waals surface area contributed by atoms with Crippen LogP contribution in [0.25, 0.3) is 0 Å². The lowest BCUT2D eigenvalue weighted by atomic mass is 9.47. The second-order valence-electron chi connectivity index (χ2n) is 13.5. The van der Waals surface area contributed by atoms with Crippen molar-refractivity contribution in [3.8, 4) is 0 Å². The van der Waals surface area contributed by atoms with Gasteiger partial charge in [-0.1, -0.05) is 19.4 Å². The highest BCUT2D eigenvalue weighted by Gasteiger charge is 2.63. The van der Waals surface area contributed by atoms with Crippen LogP contribution in [0, 0.1) is 28.6 Å². The van der Waals surface area contributed by atoms with Crippen molar-refractivity contribution in [1.29, 1.82) is 0 Å². The maximum absolute atomic E-state index is 6.94. The van der Waals surface area contributed by atoms with E-state index in [2.05, 4.69) is 72.2 Å². The fourth-order valence-corrected chi connectivity index (χ4v) is 10.4. The number of hydrogen-bond acceptors (Lipinski definition) is 2. The van der Waals surface area contributed by atoms with Crippen molar-refractivity contribution >= 4 is 16.6 Å². The quantitative estimate of drug-likeness (QED) is 0.408. The first-order chi connectivity index (χ1) is 13.7. The standard InChI is InChI=1S/C26H46O2Si2/c1-24-15-12-20(27-29(4,5)6)18-19(24)10-11-21-22(24)13-16-25(2)23(21)14-17-26(25,3)28-30(7,8)9/h12,18,21-23H,10-11,13-17H2,1-9H3/t21-,22+,23+,24+,25+,26+/m1/s1. The summed E-state index contributed by atoms with van der Waals surface area (Å²) < 4.78 is 13.3. The molecular weight excluding hydrogens is 400 g/mol. The van der Waals surface area contributed by atoms with Crippen LogP contribution in [0.2, 0.25) is 39.3 Å². The fourth-order valence-electron chi connectivity index (χ4n) is 7.88. The molecule has 0 saturated heterocycles. The Morgan fingerprint density at radius 1 is 0.867 bits per heavy atom. The molecule has 0 aromatic carbocycles. The SMILES string of the molecule is C[C@]12CC=C(O[Si](C)(C)C)C=C1CC[C@@H]1[C@@H]2CC[C@@]2(C)[C@H]1CC[C@]2(C)O[Si](C)(C)C. The third-order valence-corrected chi connectivity index (χ3v) is 11.2. The van der Waals surface area contributed by atoms with Gasteiger partial charge >= 0.3 is 0 Å². The van der Waals surface area contributed by atoms with Gasteiger partial charge in [-0.25, -0.2) is 0 Å². The summed E-state index contributed by atoms with van der Waals surface area (Å²) in [6.45, 7) is 21.6. The van der Waals surface area contributed by atoms with E-state index in [9.17, 15) is 0 Å². The molecule has 4 aliphatic rings. The van der Waals surface area contributed by atoms with Crippen LogP contribution < -0.4 is 0 Å². The first-order valence-corrected chi connectivity index (χ1v) is 19.3. The highest BCUT2D eigenvalue weighted by molar-refractivity contribution is 6.70. The molecule has 0 N–H and O–H groups in total. The van der Waals surface area contributed by atoms with Gasteiger partial charge in [-0.2, -0.15) is 0 Å². The lowest BCUT2D eigenvalue weighted by Gasteiger charge is -2.59. The van der Waals surface area contributed by atoms with Crippen LogP contribution in [-0.4, -0.2) is 22.2 Å². The molecule has 3 saturated carbocycles. The molecular formula is C26H46O2Si2. The average Bonchev–Trinajstić information content (AvgIpc) is 2.83. The molecule has 0 aliphatic heterocycles. The Balaban J connectivity index is 1.57. The summed E-state index contributed by atoms with van der Waals surface area (Å²) in [7, 11) is -3.11. The zero-order valence-corrected chi connectivity index (χ0v) is 23.2. The van der Waals surface area contributed by atoms with Gasteiger partial charge in [-0.05, 0) is 132 Å². The van der Waals surface area contributed by atoms with Crippen molar-refractivity contribution in [3.63, 3.8) is 0 Å². The summed E-state index contributed by atoms with van der Waals surface area (Å²) in [5.41, 5.74) is 2.45. The predicted molar refractivity (Wildman–Crippen MR) is 132 cm³/mol. The van der Waals surface area contributed by atoms with Crippen LogP contribution in [0.1, 0.15) is 65.7 Å². The third kappa shape index (κ3) is 3.73. The van der Waals surface area contributed by atoms with E-state index in [4.69, 9.17) is 8.85 Å². The highest BCUT2D eigenvalue weighted by Crippen LogP contribution is 2.68. The number of allylic oxidation sites excluding steroid dienone is 3. The van der Waals surface area contributed by atoms with E-state index in [1.165, 1.54) is 44.9 Å². The van der Waals surface area contributed by atoms with E-state index in [1.807, 2.05) is 0 Å². The normalized spacial score (nSPS) is 43.8. The van der Waals surface area contributed by atoms with Crippen LogP contribution >= 0.6 is 0 Å². The molecule has 0 aromatic rings. The minimum absolute atomic E-state index is 0.0783. The van der Waals surface area contributed by atoms with Crippen molar-refractivity contribution in [3.05, 3.63) is 23.5 Å². The van der Waals surface area contributed by atoms with Gasteiger partial charge in [0.2, 0.25) is 8.32 Å². The van der Waals surface area contributed by atoms with E-state index in [0.29, 0.717) is 10.8 Å². The Hall–Kier alpha value is -0.326. The smallest absolute Gasteiger partial charge is 0.242 e. The molecule has 0 spiro atoms. The minimum Gasteiger partial charge on any atom is -0.545 e. The van der Waals surface area contributed by atoms with Gasteiger partial charge in [0, 0.05) is 0 Å². The summed E-state index contributed by atoms with van der Waals surface area (Å²) in [6, 6.07) is 0. The summed E-state index contributed by atoms with van der Waals surface area (Å²) in [5.74, 6) is 3.69. The summed E-state index contributed by atoms with van der Waals surface area (Å²) in [4.78, 5) is 0. The predicted octanol–water partition coefficient (Wildman–Crippen LogP) is 7.90. The molecule has 4 rings (SSSR count). The van der Waals surface area contributed by atoms with E-state index in [-0.39, 0.29) is 5.60 Å². The van der Waals surface area contributed by atoms with Crippen molar-refractivity contribution in [1.82, 2.24) is 0 Å². The molecule has 4 heteroatoms. The average molecular weight is 447 g/mol. The van der Waals surface area contributed by atoms with E-state index < -0.39 is 16.6 Å². The molecule has 0 unspecified atom stereocenters. The van der Waals surface area contributed by atoms with Crippen LogP contribution in [0.3, 0.4) is 0 Å². The number of rotatable bonds is 4. The Labute approximate surface area is 188 Å². The van der Waals surface area contributed by atoms with Gasteiger partial charge in [0.05, 0.1) is 11.4 Å². The Bertz CT molecular complexity index is 758. The van der Waals surface area contributed by atoms with Crippen molar-refractivity contribution in [2.45, 2.75) is 111 Å². The maximum Gasteiger partial charge on any atom is 0.242 e. The van der Waals surface area contributed by atoms with Crippen LogP contribution in [0.15, 0.2) is 23.5 Å². The fraction of sp³-hybridized carbons (Fsp3) is 0.846. The monoisotopic (exact) mass is 446 g/mol. The highest BCUT2D eigenvalue weighted by atomic mass is 28.4. The topological polar surface area (TPSA) is 18.5 Å². The second kappa shape index (κ2) is 7.08. The van der Waals surface area contributed by atoms with E-state index >= 15 is 0 Å². The first kappa shape index (κ1) is 22.9. The zero-order chi connectivity index (χ0) is 22.2. The molecule has 6 atom stereocenters. The molecule has 0 radical (unpaired) electrons. The number of fused-ring (bicyclic) bond motifs is 5. The Kier molecular flexibility index (Phi) is 5.40.